The van der Waals surface area contributed by atoms with Crippen molar-refractivity contribution in [2.45, 2.75) is 69.3 Å². The van der Waals surface area contributed by atoms with E-state index >= 15 is 0 Å². The highest BCUT2D eigenvalue weighted by molar-refractivity contribution is 5.76. The molecular formula is C19H32N2O4. The third-order valence-corrected chi connectivity index (χ3v) is 5.97. The molecule has 4 aliphatic rings. The number of hydrogen-bond acceptors (Lipinski definition) is 5. The smallest absolute Gasteiger partial charge is 0.222 e. The van der Waals surface area contributed by atoms with Crippen molar-refractivity contribution in [3.05, 3.63) is 0 Å². The van der Waals surface area contributed by atoms with E-state index < -0.39 is 6.10 Å². The summed E-state index contributed by atoms with van der Waals surface area (Å²) in [7, 11) is 0. The predicted molar refractivity (Wildman–Crippen MR) is 93.2 cm³/mol. The molecule has 0 aromatic rings. The summed E-state index contributed by atoms with van der Waals surface area (Å²) < 4.78 is 11.9. The van der Waals surface area contributed by atoms with Gasteiger partial charge in [0.2, 0.25) is 5.91 Å². The highest BCUT2D eigenvalue weighted by atomic mass is 16.5. The minimum absolute atomic E-state index is 0.00354. The molecule has 2 aliphatic carbocycles. The Bertz CT molecular complexity index is 466. The van der Waals surface area contributed by atoms with E-state index in [1.807, 2.05) is 0 Å². The van der Waals surface area contributed by atoms with Gasteiger partial charge in [0.05, 0.1) is 37.9 Å². The van der Waals surface area contributed by atoms with Gasteiger partial charge in [0.15, 0.2) is 0 Å². The topological polar surface area (TPSA) is 71.0 Å². The van der Waals surface area contributed by atoms with Gasteiger partial charge >= 0.3 is 0 Å². The third-order valence-electron chi connectivity index (χ3n) is 5.97. The molecule has 2 heterocycles. The lowest BCUT2D eigenvalue weighted by atomic mass is 9.94. The zero-order chi connectivity index (χ0) is 17.2. The number of hydrogen-bond donors (Lipinski definition) is 2. The average Bonchev–Trinajstić information content (AvgIpc) is 3.46. The van der Waals surface area contributed by atoms with E-state index in [0.717, 1.165) is 31.8 Å². The quantitative estimate of drug-likeness (QED) is 0.744. The second kappa shape index (κ2) is 7.91. The number of aliphatic hydroxyl groups is 1. The number of nitrogens with zero attached hydrogens (tertiary/aromatic N) is 1. The van der Waals surface area contributed by atoms with Gasteiger partial charge in [-0.3, -0.25) is 9.69 Å². The van der Waals surface area contributed by atoms with Gasteiger partial charge in [-0.05, 0) is 50.4 Å². The Hall–Kier alpha value is -0.690. The van der Waals surface area contributed by atoms with Crippen molar-refractivity contribution >= 4 is 5.91 Å². The maximum Gasteiger partial charge on any atom is 0.222 e. The standard InChI is InChI=1S/C19H32N2O4/c22-15-10-21(9-14-3-4-14)17-6-5-16(25-18(17)12-24-11-15)7-19(23)20-8-13-1-2-13/h13-18,22H,1-12H2,(H,20,23)/t15-,16-,17-,18+/m0/s1. The lowest BCUT2D eigenvalue weighted by molar-refractivity contribution is -0.157. The molecule has 0 aromatic carbocycles. The first-order valence-electron chi connectivity index (χ1n) is 10.1. The van der Waals surface area contributed by atoms with Crippen LogP contribution in [-0.2, 0) is 14.3 Å². The zero-order valence-electron chi connectivity index (χ0n) is 15.1. The van der Waals surface area contributed by atoms with E-state index in [1.165, 1.54) is 25.7 Å². The van der Waals surface area contributed by atoms with E-state index in [2.05, 4.69) is 10.2 Å². The van der Waals surface area contributed by atoms with Crippen LogP contribution in [0.2, 0.25) is 0 Å². The lowest BCUT2D eigenvalue weighted by Crippen LogP contribution is -2.56. The minimum atomic E-state index is -0.411. The fourth-order valence-electron chi connectivity index (χ4n) is 4.15. The molecule has 2 N–H and O–H groups in total. The Balaban J connectivity index is 1.31. The maximum absolute atomic E-state index is 12.1. The van der Waals surface area contributed by atoms with E-state index in [4.69, 9.17) is 9.47 Å². The van der Waals surface area contributed by atoms with Gasteiger partial charge < -0.3 is 19.9 Å². The molecule has 0 radical (unpaired) electrons. The van der Waals surface area contributed by atoms with Crippen LogP contribution in [0, 0.1) is 11.8 Å². The van der Waals surface area contributed by atoms with Gasteiger partial charge in [-0.1, -0.05) is 0 Å². The van der Waals surface area contributed by atoms with Crippen molar-refractivity contribution in [3.8, 4) is 0 Å². The number of fused-ring (bicyclic) bond motifs is 1. The molecule has 0 unspecified atom stereocenters. The second-order valence-electron chi connectivity index (χ2n) is 8.48. The van der Waals surface area contributed by atoms with Crippen molar-refractivity contribution in [1.29, 1.82) is 0 Å². The Labute approximate surface area is 150 Å². The van der Waals surface area contributed by atoms with Crippen molar-refractivity contribution in [2.24, 2.45) is 11.8 Å². The summed E-state index contributed by atoms with van der Waals surface area (Å²) in [5, 5.41) is 13.2. The van der Waals surface area contributed by atoms with Gasteiger partial charge in [0.25, 0.3) is 0 Å². The summed E-state index contributed by atoms with van der Waals surface area (Å²) in [6, 6.07) is 0.307. The number of amides is 1. The van der Waals surface area contributed by atoms with Crippen LogP contribution in [0.1, 0.15) is 44.9 Å². The Morgan fingerprint density at radius 2 is 1.88 bits per heavy atom. The molecule has 6 nitrogen and oxygen atoms in total. The highest BCUT2D eigenvalue weighted by Gasteiger charge is 2.39. The first kappa shape index (κ1) is 17.7. The minimum Gasteiger partial charge on any atom is -0.389 e. The zero-order valence-corrected chi connectivity index (χ0v) is 15.1. The Morgan fingerprint density at radius 1 is 1.08 bits per heavy atom. The lowest BCUT2D eigenvalue weighted by Gasteiger charge is -2.44. The van der Waals surface area contributed by atoms with E-state index in [9.17, 15) is 9.90 Å². The molecule has 2 saturated heterocycles. The Kier molecular flexibility index (Phi) is 5.60. The van der Waals surface area contributed by atoms with E-state index in [1.54, 1.807) is 0 Å². The van der Waals surface area contributed by atoms with Crippen LogP contribution in [0.25, 0.3) is 0 Å². The van der Waals surface area contributed by atoms with Crippen molar-refractivity contribution in [1.82, 2.24) is 10.2 Å². The number of ether oxygens (including phenoxy) is 2. The fraction of sp³-hybridized carbons (Fsp3) is 0.947. The molecule has 2 saturated carbocycles. The predicted octanol–water partition coefficient (Wildman–Crippen LogP) is 0.922. The number of aliphatic hydroxyl groups excluding tert-OH is 1. The van der Waals surface area contributed by atoms with Crippen LogP contribution >= 0.6 is 0 Å². The van der Waals surface area contributed by atoms with Crippen LogP contribution in [-0.4, -0.2) is 73.1 Å². The largest absolute Gasteiger partial charge is 0.389 e. The van der Waals surface area contributed by atoms with E-state index in [0.29, 0.717) is 38.1 Å². The van der Waals surface area contributed by atoms with E-state index in [-0.39, 0.29) is 18.1 Å². The van der Waals surface area contributed by atoms with Gasteiger partial charge in [0, 0.05) is 25.7 Å². The van der Waals surface area contributed by atoms with Crippen LogP contribution in [0.15, 0.2) is 0 Å². The molecule has 0 aromatic heterocycles. The molecule has 2 aliphatic heterocycles. The number of nitrogens with one attached hydrogen (secondary N) is 1. The molecule has 4 rings (SSSR count). The number of carbonyl (C=O) groups excluding carboxylic acids is 1. The van der Waals surface area contributed by atoms with Gasteiger partial charge in [-0.2, -0.15) is 0 Å². The van der Waals surface area contributed by atoms with Crippen molar-refractivity contribution in [3.63, 3.8) is 0 Å². The third kappa shape index (κ3) is 5.16. The molecule has 0 bridgehead atoms. The van der Waals surface area contributed by atoms with Gasteiger partial charge in [-0.15, -0.1) is 0 Å². The second-order valence-corrected chi connectivity index (χ2v) is 8.48. The molecule has 4 fully saturated rings. The van der Waals surface area contributed by atoms with Crippen molar-refractivity contribution in [2.75, 3.05) is 32.8 Å². The Morgan fingerprint density at radius 3 is 2.64 bits per heavy atom. The summed E-state index contributed by atoms with van der Waals surface area (Å²) in [5.74, 6) is 1.62. The first-order valence-corrected chi connectivity index (χ1v) is 10.1. The van der Waals surface area contributed by atoms with Gasteiger partial charge in [0.1, 0.15) is 0 Å². The van der Waals surface area contributed by atoms with Crippen LogP contribution in [0.3, 0.4) is 0 Å². The molecule has 142 valence electrons. The summed E-state index contributed by atoms with van der Waals surface area (Å²) in [5.41, 5.74) is 0. The summed E-state index contributed by atoms with van der Waals surface area (Å²) in [6.45, 7) is 3.46. The van der Waals surface area contributed by atoms with Gasteiger partial charge in [-0.25, -0.2) is 0 Å². The SMILES string of the molecule is O=C(C[C@@H]1CC[C@H]2[C@@H](COC[C@@H](O)CN2CC2CC2)O1)NCC1CC1. The van der Waals surface area contributed by atoms with Crippen LogP contribution in [0.4, 0.5) is 0 Å². The van der Waals surface area contributed by atoms with Crippen molar-refractivity contribution < 1.29 is 19.4 Å². The van der Waals surface area contributed by atoms with Crippen LogP contribution in [0.5, 0.6) is 0 Å². The average molecular weight is 352 g/mol. The first-order chi connectivity index (χ1) is 12.2. The maximum atomic E-state index is 12.1. The molecular weight excluding hydrogens is 320 g/mol. The molecule has 1 amide bonds. The molecule has 4 atom stereocenters. The number of β-amino-alcohol motifs (C(OH)–C–C–N with tert-alkyl or cyclic N) is 1. The monoisotopic (exact) mass is 352 g/mol. The molecule has 25 heavy (non-hydrogen) atoms. The van der Waals surface area contributed by atoms with Crippen LogP contribution < -0.4 is 5.32 Å². The number of rotatable bonds is 6. The normalized spacial score (nSPS) is 37.0. The molecule has 6 heteroatoms. The molecule has 0 spiro atoms. The summed E-state index contributed by atoms with van der Waals surface area (Å²) >= 11 is 0. The highest BCUT2D eigenvalue weighted by Crippen LogP contribution is 2.34. The summed E-state index contributed by atoms with van der Waals surface area (Å²) in [4.78, 5) is 14.6. The summed E-state index contributed by atoms with van der Waals surface area (Å²) in [6.07, 6.45) is 7.12. The number of carbonyl (C=O) groups is 1. The fourth-order valence-corrected chi connectivity index (χ4v) is 4.15.